The zero-order chi connectivity index (χ0) is 17.6. The van der Waals surface area contributed by atoms with Gasteiger partial charge in [-0.05, 0) is 48.7 Å². The Labute approximate surface area is 147 Å². The predicted octanol–water partition coefficient (Wildman–Crippen LogP) is 3.27. The number of hydrogen-bond acceptors (Lipinski definition) is 3. The molecular formula is C19H23FN4O. The number of benzene rings is 1. The highest BCUT2D eigenvalue weighted by molar-refractivity contribution is 5.89. The molecule has 1 saturated heterocycles. The van der Waals surface area contributed by atoms with Gasteiger partial charge in [0.05, 0.1) is 0 Å². The normalized spacial score (nSPS) is 15.7. The van der Waals surface area contributed by atoms with Crippen molar-refractivity contribution in [1.29, 1.82) is 0 Å². The Morgan fingerprint density at radius 3 is 2.72 bits per heavy atom. The monoisotopic (exact) mass is 342 g/mol. The highest BCUT2D eigenvalue weighted by Gasteiger charge is 2.19. The average molecular weight is 342 g/mol. The minimum absolute atomic E-state index is 0.172. The Bertz CT molecular complexity index is 723. The summed E-state index contributed by atoms with van der Waals surface area (Å²) in [5.41, 5.74) is 2.29. The van der Waals surface area contributed by atoms with E-state index >= 15 is 0 Å². The lowest BCUT2D eigenvalue weighted by molar-refractivity contribution is 0.211. The number of aromatic nitrogens is 1. The summed E-state index contributed by atoms with van der Waals surface area (Å²) in [4.78, 5) is 20.6. The van der Waals surface area contributed by atoms with Crippen molar-refractivity contribution in [2.45, 2.75) is 19.9 Å². The van der Waals surface area contributed by atoms with E-state index in [1.54, 1.807) is 36.4 Å². The van der Waals surface area contributed by atoms with Crippen molar-refractivity contribution in [3.8, 4) is 0 Å². The Hall–Kier alpha value is -2.47. The first-order chi connectivity index (χ1) is 12.1. The molecule has 1 N–H and O–H groups in total. The Morgan fingerprint density at radius 1 is 1.16 bits per heavy atom. The minimum atomic E-state index is -0.308. The maximum atomic E-state index is 13.6. The first-order valence-corrected chi connectivity index (χ1v) is 8.55. The van der Waals surface area contributed by atoms with E-state index < -0.39 is 0 Å². The van der Waals surface area contributed by atoms with Crippen LogP contribution in [0.1, 0.15) is 17.5 Å². The number of carbonyl (C=O) groups excluding carboxylic acids is 1. The highest BCUT2D eigenvalue weighted by atomic mass is 19.1. The van der Waals surface area contributed by atoms with Gasteiger partial charge < -0.3 is 10.2 Å². The molecule has 0 saturated carbocycles. The zero-order valence-electron chi connectivity index (χ0n) is 14.4. The van der Waals surface area contributed by atoms with Crippen LogP contribution in [0.5, 0.6) is 0 Å². The molecule has 132 valence electrons. The van der Waals surface area contributed by atoms with Crippen molar-refractivity contribution < 1.29 is 9.18 Å². The lowest BCUT2D eigenvalue weighted by Gasteiger charge is -2.22. The van der Waals surface area contributed by atoms with E-state index in [0.29, 0.717) is 24.3 Å². The van der Waals surface area contributed by atoms with Gasteiger partial charge in [-0.25, -0.2) is 9.18 Å². The quantitative estimate of drug-likeness (QED) is 0.931. The standard InChI is InChI=1S/C19H23FN4O/c1-15-3-4-17(13-18(15)20)22-19(25)24-10-2-9-23(11-12-24)14-16-5-7-21-8-6-16/h3-8,13H,2,9-12,14H2,1H3,(H,22,25). The molecule has 1 aromatic heterocycles. The van der Waals surface area contributed by atoms with Crippen LogP contribution >= 0.6 is 0 Å². The van der Waals surface area contributed by atoms with Crippen LogP contribution in [0.4, 0.5) is 14.9 Å². The summed E-state index contributed by atoms with van der Waals surface area (Å²) in [6, 6.07) is 8.62. The number of anilines is 1. The molecule has 0 aliphatic carbocycles. The summed E-state index contributed by atoms with van der Waals surface area (Å²) >= 11 is 0. The number of urea groups is 1. The largest absolute Gasteiger partial charge is 0.323 e. The second-order valence-electron chi connectivity index (χ2n) is 6.37. The summed E-state index contributed by atoms with van der Waals surface area (Å²) in [5, 5.41) is 2.79. The average Bonchev–Trinajstić information content (AvgIpc) is 2.85. The maximum Gasteiger partial charge on any atom is 0.321 e. The molecule has 3 rings (SSSR count). The van der Waals surface area contributed by atoms with Crippen LogP contribution in [0.3, 0.4) is 0 Å². The summed E-state index contributed by atoms with van der Waals surface area (Å²) in [6.45, 7) is 5.69. The SMILES string of the molecule is Cc1ccc(NC(=O)N2CCCN(Cc3ccncc3)CC2)cc1F. The fourth-order valence-electron chi connectivity index (χ4n) is 2.95. The van der Waals surface area contributed by atoms with Crippen LogP contribution in [-0.4, -0.2) is 47.0 Å². The highest BCUT2D eigenvalue weighted by Crippen LogP contribution is 2.15. The molecule has 0 atom stereocenters. The van der Waals surface area contributed by atoms with Gasteiger partial charge in [0.2, 0.25) is 0 Å². The van der Waals surface area contributed by atoms with Crippen molar-refractivity contribution in [2.75, 3.05) is 31.5 Å². The van der Waals surface area contributed by atoms with E-state index in [2.05, 4.69) is 15.2 Å². The molecule has 1 aliphatic rings. The number of nitrogens with one attached hydrogen (secondary N) is 1. The summed E-state index contributed by atoms with van der Waals surface area (Å²) in [5.74, 6) is -0.308. The first kappa shape index (κ1) is 17.4. The van der Waals surface area contributed by atoms with Gasteiger partial charge in [-0.2, -0.15) is 0 Å². The van der Waals surface area contributed by atoms with Crippen LogP contribution in [0.15, 0.2) is 42.7 Å². The molecule has 0 radical (unpaired) electrons. The van der Waals surface area contributed by atoms with Gasteiger partial charge in [-0.3, -0.25) is 9.88 Å². The van der Waals surface area contributed by atoms with Crippen molar-refractivity contribution in [3.05, 3.63) is 59.7 Å². The number of aryl methyl sites for hydroxylation is 1. The summed E-state index contributed by atoms with van der Waals surface area (Å²) in [6.07, 6.45) is 4.52. The Kier molecular flexibility index (Phi) is 5.60. The molecule has 5 nitrogen and oxygen atoms in total. The fourth-order valence-corrected chi connectivity index (χ4v) is 2.95. The zero-order valence-corrected chi connectivity index (χ0v) is 14.4. The van der Waals surface area contributed by atoms with Gasteiger partial charge in [0.25, 0.3) is 0 Å². The number of pyridine rings is 1. The van der Waals surface area contributed by atoms with Crippen LogP contribution in [0, 0.1) is 12.7 Å². The first-order valence-electron chi connectivity index (χ1n) is 8.55. The van der Waals surface area contributed by atoms with Gasteiger partial charge in [-0.15, -0.1) is 0 Å². The van der Waals surface area contributed by atoms with Gasteiger partial charge in [0, 0.05) is 50.8 Å². The molecule has 25 heavy (non-hydrogen) atoms. The van der Waals surface area contributed by atoms with Crippen molar-refractivity contribution >= 4 is 11.7 Å². The number of hydrogen-bond donors (Lipinski definition) is 1. The maximum absolute atomic E-state index is 13.6. The Balaban J connectivity index is 1.55. The van der Waals surface area contributed by atoms with Gasteiger partial charge in [0.15, 0.2) is 0 Å². The minimum Gasteiger partial charge on any atom is -0.323 e. The number of amides is 2. The van der Waals surface area contributed by atoms with Crippen LogP contribution in [0.25, 0.3) is 0 Å². The van der Waals surface area contributed by atoms with E-state index in [-0.39, 0.29) is 11.8 Å². The van der Waals surface area contributed by atoms with E-state index in [9.17, 15) is 9.18 Å². The predicted molar refractivity (Wildman–Crippen MR) is 95.9 cm³/mol. The Morgan fingerprint density at radius 2 is 1.96 bits per heavy atom. The van der Waals surface area contributed by atoms with E-state index in [4.69, 9.17) is 0 Å². The smallest absolute Gasteiger partial charge is 0.321 e. The molecule has 2 heterocycles. The van der Waals surface area contributed by atoms with Crippen molar-refractivity contribution in [3.63, 3.8) is 0 Å². The number of halogens is 1. The third-order valence-electron chi connectivity index (χ3n) is 4.45. The molecule has 6 heteroatoms. The third-order valence-corrected chi connectivity index (χ3v) is 4.45. The molecular weight excluding hydrogens is 319 g/mol. The van der Waals surface area contributed by atoms with Gasteiger partial charge in [0.1, 0.15) is 5.82 Å². The molecule has 2 amide bonds. The topological polar surface area (TPSA) is 48.5 Å². The molecule has 1 fully saturated rings. The van der Waals surface area contributed by atoms with E-state index in [0.717, 1.165) is 26.1 Å². The molecule has 1 aliphatic heterocycles. The van der Waals surface area contributed by atoms with E-state index in [1.807, 2.05) is 12.1 Å². The number of nitrogens with zero attached hydrogens (tertiary/aromatic N) is 3. The van der Waals surface area contributed by atoms with Gasteiger partial charge >= 0.3 is 6.03 Å². The summed E-state index contributed by atoms with van der Waals surface area (Å²) in [7, 11) is 0. The second kappa shape index (κ2) is 8.07. The lowest BCUT2D eigenvalue weighted by atomic mass is 10.2. The molecule has 0 unspecified atom stereocenters. The summed E-state index contributed by atoms with van der Waals surface area (Å²) < 4.78 is 13.6. The molecule has 2 aromatic rings. The second-order valence-corrected chi connectivity index (χ2v) is 6.37. The van der Waals surface area contributed by atoms with Crippen LogP contribution in [-0.2, 0) is 6.54 Å². The number of rotatable bonds is 3. The van der Waals surface area contributed by atoms with Crippen LogP contribution < -0.4 is 5.32 Å². The van der Waals surface area contributed by atoms with Crippen molar-refractivity contribution in [2.24, 2.45) is 0 Å². The van der Waals surface area contributed by atoms with Crippen molar-refractivity contribution in [1.82, 2.24) is 14.8 Å². The van der Waals surface area contributed by atoms with Crippen LogP contribution in [0.2, 0.25) is 0 Å². The fraction of sp³-hybridized carbons (Fsp3) is 0.368. The molecule has 1 aromatic carbocycles. The van der Waals surface area contributed by atoms with E-state index in [1.165, 1.54) is 11.6 Å². The third kappa shape index (κ3) is 4.76. The van der Waals surface area contributed by atoms with Gasteiger partial charge in [-0.1, -0.05) is 6.07 Å². The lowest BCUT2D eigenvalue weighted by Crippen LogP contribution is -2.38. The molecule has 0 spiro atoms. The number of carbonyl (C=O) groups is 1. The molecule has 0 bridgehead atoms.